The Morgan fingerprint density at radius 1 is 1.14 bits per heavy atom. The van der Waals surface area contributed by atoms with Gasteiger partial charge in [-0.25, -0.2) is 13.1 Å². The summed E-state index contributed by atoms with van der Waals surface area (Å²) in [4.78, 5) is 0.161. The van der Waals surface area contributed by atoms with Gasteiger partial charge in [-0.05, 0) is 36.6 Å². The van der Waals surface area contributed by atoms with E-state index in [0.29, 0.717) is 17.0 Å². The van der Waals surface area contributed by atoms with Gasteiger partial charge in [0.25, 0.3) is 0 Å². The summed E-state index contributed by atoms with van der Waals surface area (Å²) in [6.07, 6.45) is -0.410. The molecule has 0 aliphatic rings. The largest absolute Gasteiger partial charge is 0.388 e. The zero-order valence-corrected chi connectivity index (χ0v) is 13.7. The smallest absolute Gasteiger partial charge is 0.240 e. The van der Waals surface area contributed by atoms with Crippen LogP contribution in [0.2, 0.25) is 5.02 Å². The average molecular weight is 340 g/mol. The van der Waals surface area contributed by atoms with Crippen LogP contribution in [0.5, 0.6) is 0 Å². The molecule has 0 bridgehead atoms. The molecule has 0 heterocycles. The number of rotatable bonds is 6. The minimum absolute atomic E-state index is 0.143. The predicted octanol–water partition coefficient (Wildman–Crippen LogP) is 3.05. The molecule has 0 unspecified atom stereocenters. The number of nitrogens with one attached hydrogen (secondary N) is 1. The first-order valence-electron chi connectivity index (χ1n) is 6.89. The highest BCUT2D eigenvalue weighted by atomic mass is 35.5. The van der Waals surface area contributed by atoms with Crippen molar-refractivity contribution in [2.24, 2.45) is 0 Å². The van der Waals surface area contributed by atoms with Crippen LogP contribution >= 0.6 is 11.6 Å². The quantitative estimate of drug-likeness (QED) is 0.850. The molecule has 0 fully saturated rings. The lowest BCUT2D eigenvalue weighted by atomic mass is 10.1. The van der Waals surface area contributed by atoms with Crippen molar-refractivity contribution in [1.82, 2.24) is 4.72 Å². The Morgan fingerprint density at radius 3 is 2.50 bits per heavy atom. The van der Waals surface area contributed by atoms with Crippen molar-refractivity contribution in [1.29, 1.82) is 0 Å². The van der Waals surface area contributed by atoms with E-state index in [2.05, 4.69) is 4.72 Å². The molecule has 2 aromatic rings. The van der Waals surface area contributed by atoms with E-state index in [0.717, 1.165) is 5.56 Å². The molecule has 0 radical (unpaired) electrons. The summed E-state index contributed by atoms with van der Waals surface area (Å²) >= 11 is 5.95. The highest BCUT2D eigenvalue weighted by Gasteiger charge is 2.18. The molecular weight excluding hydrogens is 322 g/mol. The van der Waals surface area contributed by atoms with Crippen molar-refractivity contribution in [3.05, 3.63) is 64.7 Å². The maximum atomic E-state index is 12.3. The molecule has 0 saturated heterocycles. The minimum atomic E-state index is -3.64. The zero-order chi connectivity index (χ0) is 16.2. The summed E-state index contributed by atoms with van der Waals surface area (Å²) in [7, 11) is -3.64. The normalized spacial score (nSPS) is 13.0. The van der Waals surface area contributed by atoms with Gasteiger partial charge in [0.1, 0.15) is 0 Å². The summed E-state index contributed by atoms with van der Waals surface area (Å²) < 4.78 is 27.0. The van der Waals surface area contributed by atoms with Crippen molar-refractivity contribution in [3.8, 4) is 0 Å². The van der Waals surface area contributed by atoms with Crippen molar-refractivity contribution in [2.75, 3.05) is 6.54 Å². The number of benzene rings is 2. The highest BCUT2D eigenvalue weighted by molar-refractivity contribution is 7.89. The molecule has 6 heteroatoms. The standard InChI is InChI=1S/C16H18ClNO3S/c1-12-14(17)8-5-9-16(12)22(20,21)18-11-10-15(19)13-6-3-2-4-7-13/h2-9,15,18-19H,10-11H2,1H3/t15-/m0/s1. The van der Waals surface area contributed by atoms with Crippen molar-refractivity contribution >= 4 is 21.6 Å². The fraction of sp³-hybridized carbons (Fsp3) is 0.250. The topological polar surface area (TPSA) is 66.4 Å². The predicted molar refractivity (Wildman–Crippen MR) is 87.4 cm³/mol. The molecule has 0 aromatic heterocycles. The lowest BCUT2D eigenvalue weighted by Gasteiger charge is -2.13. The first-order valence-corrected chi connectivity index (χ1v) is 8.76. The molecule has 0 aliphatic heterocycles. The third-order valence-electron chi connectivity index (χ3n) is 3.40. The van der Waals surface area contributed by atoms with Gasteiger partial charge in [0.05, 0.1) is 11.0 Å². The Balaban J connectivity index is 2.00. The van der Waals surface area contributed by atoms with E-state index in [4.69, 9.17) is 11.6 Å². The summed E-state index contributed by atoms with van der Waals surface area (Å²) in [5.41, 5.74) is 1.28. The molecule has 0 spiro atoms. The van der Waals surface area contributed by atoms with Gasteiger partial charge in [0.2, 0.25) is 10.0 Å². The van der Waals surface area contributed by atoms with E-state index in [1.165, 1.54) is 6.07 Å². The molecule has 0 aliphatic carbocycles. The lowest BCUT2D eigenvalue weighted by molar-refractivity contribution is 0.169. The van der Waals surface area contributed by atoms with Crippen LogP contribution in [0, 0.1) is 6.92 Å². The molecule has 0 amide bonds. The van der Waals surface area contributed by atoms with Crippen LogP contribution in [0.3, 0.4) is 0 Å². The van der Waals surface area contributed by atoms with E-state index < -0.39 is 16.1 Å². The number of hydrogen-bond acceptors (Lipinski definition) is 3. The molecule has 2 N–H and O–H groups in total. The first kappa shape index (κ1) is 17.0. The number of halogens is 1. The second-order valence-corrected chi connectivity index (χ2v) is 7.12. The monoisotopic (exact) mass is 339 g/mol. The van der Waals surface area contributed by atoms with Crippen LogP contribution in [-0.4, -0.2) is 20.1 Å². The minimum Gasteiger partial charge on any atom is -0.388 e. The number of aliphatic hydroxyl groups is 1. The van der Waals surface area contributed by atoms with Gasteiger partial charge in [-0.15, -0.1) is 0 Å². The van der Waals surface area contributed by atoms with E-state index in [-0.39, 0.29) is 11.4 Å². The Kier molecular flexibility index (Phi) is 5.58. The van der Waals surface area contributed by atoms with Gasteiger partial charge < -0.3 is 5.11 Å². The fourth-order valence-corrected chi connectivity index (χ4v) is 3.67. The second kappa shape index (κ2) is 7.24. The lowest BCUT2D eigenvalue weighted by Crippen LogP contribution is -2.26. The van der Waals surface area contributed by atoms with Crippen LogP contribution in [0.15, 0.2) is 53.4 Å². The number of aliphatic hydroxyl groups excluding tert-OH is 1. The second-order valence-electron chi connectivity index (χ2n) is 4.98. The number of hydrogen-bond donors (Lipinski definition) is 2. The van der Waals surface area contributed by atoms with Crippen LogP contribution in [0.4, 0.5) is 0 Å². The van der Waals surface area contributed by atoms with Gasteiger partial charge in [0, 0.05) is 11.6 Å². The Morgan fingerprint density at radius 2 is 1.82 bits per heavy atom. The molecule has 2 aromatic carbocycles. The fourth-order valence-electron chi connectivity index (χ4n) is 2.13. The van der Waals surface area contributed by atoms with Crippen LogP contribution in [0.1, 0.15) is 23.7 Å². The maximum absolute atomic E-state index is 12.3. The molecule has 0 saturated carbocycles. The highest BCUT2D eigenvalue weighted by Crippen LogP contribution is 2.23. The van der Waals surface area contributed by atoms with Gasteiger partial charge in [-0.3, -0.25) is 0 Å². The van der Waals surface area contributed by atoms with Gasteiger partial charge in [-0.2, -0.15) is 0 Å². The first-order chi connectivity index (χ1) is 10.4. The molecule has 1 atom stereocenters. The summed E-state index contributed by atoms with van der Waals surface area (Å²) in [5.74, 6) is 0. The summed E-state index contributed by atoms with van der Waals surface area (Å²) in [6, 6.07) is 13.9. The molecular formula is C16H18ClNO3S. The van der Waals surface area contributed by atoms with E-state index in [1.807, 2.05) is 18.2 Å². The van der Waals surface area contributed by atoms with Crippen molar-refractivity contribution in [2.45, 2.75) is 24.3 Å². The molecule has 4 nitrogen and oxygen atoms in total. The number of sulfonamides is 1. The average Bonchev–Trinajstić information content (AvgIpc) is 2.50. The van der Waals surface area contributed by atoms with Crippen LogP contribution in [0.25, 0.3) is 0 Å². The molecule has 22 heavy (non-hydrogen) atoms. The van der Waals surface area contributed by atoms with Crippen molar-refractivity contribution < 1.29 is 13.5 Å². The van der Waals surface area contributed by atoms with Gasteiger partial charge >= 0.3 is 0 Å². The summed E-state index contributed by atoms with van der Waals surface area (Å²) in [6.45, 7) is 1.81. The molecule has 118 valence electrons. The van der Waals surface area contributed by atoms with E-state index in [9.17, 15) is 13.5 Å². The van der Waals surface area contributed by atoms with Crippen LogP contribution in [-0.2, 0) is 10.0 Å². The van der Waals surface area contributed by atoms with Gasteiger partial charge in [0.15, 0.2) is 0 Å². The Hall–Kier alpha value is -1.40. The third kappa shape index (κ3) is 4.08. The zero-order valence-electron chi connectivity index (χ0n) is 12.2. The van der Waals surface area contributed by atoms with Crippen molar-refractivity contribution in [3.63, 3.8) is 0 Å². The maximum Gasteiger partial charge on any atom is 0.240 e. The van der Waals surface area contributed by atoms with Gasteiger partial charge in [-0.1, -0.05) is 48.0 Å². The Bertz CT molecular complexity index is 732. The molecule has 2 rings (SSSR count). The van der Waals surface area contributed by atoms with E-state index >= 15 is 0 Å². The summed E-state index contributed by atoms with van der Waals surface area (Å²) in [5, 5.41) is 10.4. The van der Waals surface area contributed by atoms with E-state index in [1.54, 1.807) is 31.2 Å². The third-order valence-corrected chi connectivity index (χ3v) is 5.42. The SMILES string of the molecule is Cc1c(Cl)cccc1S(=O)(=O)NCC[C@H](O)c1ccccc1. The van der Waals surface area contributed by atoms with Crippen LogP contribution < -0.4 is 4.72 Å². The Labute approximate surface area is 135 Å².